The van der Waals surface area contributed by atoms with Crippen LogP contribution in [0.15, 0.2) is 27.9 Å². The molecule has 2 aromatic heterocycles. The molecule has 0 spiro atoms. The maximum atomic E-state index is 11.0. The van der Waals surface area contributed by atoms with Gasteiger partial charge in [0.25, 0.3) is 0 Å². The van der Waals surface area contributed by atoms with Gasteiger partial charge in [0.15, 0.2) is 0 Å². The summed E-state index contributed by atoms with van der Waals surface area (Å²) < 4.78 is 0. The molecule has 0 saturated carbocycles. The van der Waals surface area contributed by atoms with Gasteiger partial charge in [0.05, 0.1) is 0 Å². The summed E-state index contributed by atoms with van der Waals surface area (Å²) in [5, 5.41) is 0. The Morgan fingerprint density at radius 1 is 1.27 bits per heavy atom. The van der Waals surface area contributed by atoms with Crippen LogP contribution in [0.25, 0.3) is 11.4 Å². The average molecular weight is 205 g/mol. The zero-order valence-corrected chi connectivity index (χ0v) is 7.52. The number of hydrogen-bond acceptors (Lipinski definition) is 5. The maximum absolute atomic E-state index is 11.0. The molecule has 15 heavy (non-hydrogen) atoms. The van der Waals surface area contributed by atoms with Crippen LogP contribution in [-0.2, 0) is 0 Å². The number of nitrogens with two attached hydrogens (primary N) is 1. The summed E-state index contributed by atoms with van der Waals surface area (Å²) in [5.41, 5.74) is 4.90. The largest absolute Gasteiger partial charge is 0.368 e. The minimum absolute atomic E-state index is 0.131. The number of hydrogen-bond donors (Lipinski definition) is 3. The van der Waals surface area contributed by atoms with Gasteiger partial charge in [-0.3, -0.25) is 9.78 Å². The van der Waals surface area contributed by atoms with Crippen LogP contribution in [0.5, 0.6) is 0 Å². The topological polar surface area (TPSA) is 118 Å². The number of rotatable bonds is 1. The second-order valence-corrected chi connectivity index (χ2v) is 2.80. The van der Waals surface area contributed by atoms with Crippen LogP contribution in [0.4, 0.5) is 5.95 Å². The van der Waals surface area contributed by atoms with Crippen molar-refractivity contribution in [3.05, 3.63) is 39.2 Å². The number of anilines is 1. The highest BCUT2D eigenvalue weighted by Crippen LogP contribution is 2.09. The zero-order valence-electron chi connectivity index (χ0n) is 7.52. The summed E-state index contributed by atoms with van der Waals surface area (Å²) in [5.74, 6) is 0.0904. The van der Waals surface area contributed by atoms with E-state index in [-0.39, 0.29) is 17.3 Å². The number of pyridine rings is 1. The molecule has 0 aliphatic heterocycles. The van der Waals surface area contributed by atoms with Gasteiger partial charge in [0, 0.05) is 17.8 Å². The van der Waals surface area contributed by atoms with Crippen molar-refractivity contribution in [1.29, 1.82) is 0 Å². The van der Waals surface area contributed by atoms with Crippen LogP contribution in [0, 0.1) is 0 Å². The van der Waals surface area contributed by atoms with Crippen LogP contribution in [-0.4, -0.2) is 19.9 Å². The Morgan fingerprint density at radius 2 is 2.07 bits per heavy atom. The predicted octanol–water partition coefficient (Wildman–Crippen LogP) is -0.898. The highest BCUT2D eigenvalue weighted by atomic mass is 16.1. The molecule has 0 fully saturated rings. The molecule has 0 aliphatic carbocycles. The first kappa shape index (κ1) is 9.13. The SMILES string of the molecule is Nc1nc(-c2cc[nH]c(=O)c2)[nH]c(=O)n1. The number of aromatic amines is 2. The van der Waals surface area contributed by atoms with Crippen molar-refractivity contribution in [2.75, 3.05) is 5.73 Å². The van der Waals surface area contributed by atoms with Crippen molar-refractivity contribution < 1.29 is 0 Å². The summed E-state index contributed by atoms with van der Waals surface area (Å²) >= 11 is 0. The van der Waals surface area contributed by atoms with E-state index < -0.39 is 5.69 Å². The molecule has 2 rings (SSSR count). The number of nitrogens with zero attached hydrogens (tertiary/aromatic N) is 2. The van der Waals surface area contributed by atoms with E-state index in [9.17, 15) is 9.59 Å². The van der Waals surface area contributed by atoms with E-state index in [1.165, 1.54) is 12.3 Å². The van der Waals surface area contributed by atoms with Gasteiger partial charge in [-0.25, -0.2) is 4.79 Å². The van der Waals surface area contributed by atoms with Crippen LogP contribution < -0.4 is 17.0 Å². The molecule has 76 valence electrons. The van der Waals surface area contributed by atoms with E-state index in [0.29, 0.717) is 5.56 Å². The Hall–Kier alpha value is -2.44. The molecule has 0 saturated heterocycles. The zero-order chi connectivity index (χ0) is 10.8. The van der Waals surface area contributed by atoms with Crippen molar-refractivity contribution in [3.63, 3.8) is 0 Å². The Morgan fingerprint density at radius 3 is 2.73 bits per heavy atom. The Labute approximate surface area is 83.0 Å². The van der Waals surface area contributed by atoms with Gasteiger partial charge in [0.1, 0.15) is 5.82 Å². The third kappa shape index (κ3) is 1.90. The summed E-state index contributed by atoms with van der Waals surface area (Å²) in [6, 6.07) is 2.90. The highest BCUT2D eigenvalue weighted by molar-refractivity contribution is 5.53. The molecule has 7 nitrogen and oxygen atoms in total. The van der Waals surface area contributed by atoms with Gasteiger partial charge in [-0.1, -0.05) is 0 Å². The summed E-state index contributed by atoms with van der Waals surface area (Å²) in [4.78, 5) is 34.0. The quantitative estimate of drug-likeness (QED) is 0.557. The highest BCUT2D eigenvalue weighted by Gasteiger charge is 2.02. The van der Waals surface area contributed by atoms with Crippen molar-refractivity contribution in [3.8, 4) is 11.4 Å². The van der Waals surface area contributed by atoms with E-state index in [1.807, 2.05) is 0 Å². The molecule has 0 unspecified atom stereocenters. The smallest absolute Gasteiger partial charge is 0.349 e. The molecule has 2 heterocycles. The Kier molecular flexibility index (Phi) is 2.05. The number of nitrogens with one attached hydrogen (secondary N) is 2. The molecule has 0 aromatic carbocycles. The molecule has 0 atom stereocenters. The first-order valence-electron chi connectivity index (χ1n) is 4.08. The molecule has 0 aliphatic rings. The number of H-pyrrole nitrogens is 2. The monoisotopic (exact) mass is 205 g/mol. The Balaban J connectivity index is 2.64. The van der Waals surface area contributed by atoms with Gasteiger partial charge in [-0.2, -0.15) is 9.97 Å². The van der Waals surface area contributed by atoms with Crippen LogP contribution in [0.2, 0.25) is 0 Å². The fourth-order valence-corrected chi connectivity index (χ4v) is 1.13. The van der Waals surface area contributed by atoms with Crippen molar-refractivity contribution in [1.82, 2.24) is 19.9 Å². The van der Waals surface area contributed by atoms with Crippen LogP contribution >= 0.6 is 0 Å². The molecule has 4 N–H and O–H groups in total. The third-order valence-corrected chi connectivity index (χ3v) is 1.72. The number of nitrogen functional groups attached to an aromatic ring is 1. The van der Waals surface area contributed by atoms with Crippen LogP contribution in [0.3, 0.4) is 0 Å². The fraction of sp³-hybridized carbons (Fsp3) is 0. The van der Waals surface area contributed by atoms with E-state index in [4.69, 9.17) is 5.73 Å². The molecule has 0 amide bonds. The molecular formula is C8H7N5O2. The Bertz CT molecular complexity index is 600. The minimum Gasteiger partial charge on any atom is -0.368 e. The van der Waals surface area contributed by atoms with Gasteiger partial charge < -0.3 is 10.7 Å². The molecule has 7 heteroatoms. The van der Waals surface area contributed by atoms with Crippen molar-refractivity contribution in [2.24, 2.45) is 0 Å². The average Bonchev–Trinajstić information content (AvgIpc) is 2.16. The van der Waals surface area contributed by atoms with Gasteiger partial charge in [0.2, 0.25) is 11.5 Å². The van der Waals surface area contributed by atoms with E-state index >= 15 is 0 Å². The molecular weight excluding hydrogens is 198 g/mol. The van der Waals surface area contributed by atoms with Gasteiger partial charge in [-0.15, -0.1) is 0 Å². The summed E-state index contributed by atoms with van der Waals surface area (Å²) in [7, 11) is 0. The van der Waals surface area contributed by atoms with Crippen molar-refractivity contribution in [2.45, 2.75) is 0 Å². The van der Waals surface area contributed by atoms with E-state index in [1.54, 1.807) is 6.07 Å². The van der Waals surface area contributed by atoms with Gasteiger partial charge in [-0.05, 0) is 6.07 Å². The van der Waals surface area contributed by atoms with Crippen molar-refractivity contribution >= 4 is 5.95 Å². The molecule has 0 radical (unpaired) electrons. The lowest BCUT2D eigenvalue weighted by atomic mass is 10.2. The van der Waals surface area contributed by atoms with E-state index in [0.717, 1.165) is 0 Å². The standard InChI is InChI=1S/C8H7N5O2/c9-7-11-6(12-8(15)13-7)4-1-2-10-5(14)3-4/h1-3H,(H,10,14)(H3,9,11,12,13,15). The molecule has 0 bridgehead atoms. The maximum Gasteiger partial charge on any atom is 0.349 e. The van der Waals surface area contributed by atoms with Gasteiger partial charge >= 0.3 is 5.69 Å². The lowest BCUT2D eigenvalue weighted by Gasteiger charge is -1.99. The minimum atomic E-state index is -0.599. The fourth-order valence-electron chi connectivity index (χ4n) is 1.13. The normalized spacial score (nSPS) is 10.1. The first-order valence-corrected chi connectivity index (χ1v) is 4.08. The van der Waals surface area contributed by atoms with Crippen LogP contribution in [0.1, 0.15) is 0 Å². The second-order valence-electron chi connectivity index (χ2n) is 2.80. The molecule has 2 aromatic rings. The first-order chi connectivity index (χ1) is 7.15. The van der Waals surface area contributed by atoms with E-state index in [2.05, 4.69) is 19.9 Å². The third-order valence-electron chi connectivity index (χ3n) is 1.72. The summed E-state index contributed by atoms with van der Waals surface area (Å²) in [6.45, 7) is 0. The number of aromatic nitrogens is 4. The lowest BCUT2D eigenvalue weighted by molar-refractivity contribution is 1.01. The summed E-state index contributed by atoms with van der Waals surface area (Å²) in [6.07, 6.45) is 1.45. The predicted molar refractivity (Wildman–Crippen MR) is 53.1 cm³/mol. The lowest BCUT2D eigenvalue weighted by Crippen LogP contribution is -2.16. The second kappa shape index (κ2) is 3.37.